The van der Waals surface area contributed by atoms with Gasteiger partial charge in [-0.2, -0.15) is 0 Å². The SMILES string of the molecule is COS(C)=O.Cc1ccc(C(=O)O)c[n+]1CCCC(=O)O. The molecule has 0 saturated heterocycles. The Bertz CT molecular complexity index is 517. The van der Waals surface area contributed by atoms with E-state index in [9.17, 15) is 13.8 Å². The van der Waals surface area contributed by atoms with Crippen LogP contribution in [0, 0.1) is 6.92 Å². The van der Waals surface area contributed by atoms with Crippen molar-refractivity contribution in [1.82, 2.24) is 0 Å². The molecule has 1 aromatic rings. The quantitative estimate of drug-likeness (QED) is 0.751. The van der Waals surface area contributed by atoms with Gasteiger partial charge < -0.3 is 10.2 Å². The van der Waals surface area contributed by atoms with E-state index in [-0.39, 0.29) is 12.0 Å². The summed E-state index contributed by atoms with van der Waals surface area (Å²) < 4.78 is 15.7. The van der Waals surface area contributed by atoms with Crippen molar-refractivity contribution in [2.45, 2.75) is 26.3 Å². The molecule has 2 N–H and O–H groups in total. The molecule has 1 rings (SSSR count). The molecule has 21 heavy (non-hydrogen) atoms. The Morgan fingerprint density at radius 1 is 1.33 bits per heavy atom. The molecule has 1 heterocycles. The number of rotatable bonds is 6. The van der Waals surface area contributed by atoms with E-state index in [2.05, 4.69) is 4.18 Å². The molecule has 0 fully saturated rings. The summed E-state index contributed by atoms with van der Waals surface area (Å²) in [5.41, 5.74) is 1.12. The number of nitrogens with zero attached hydrogens (tertiary/aromatic N) is 1. The lowest BCUT2D eigenvalue weighted by atomic mass is 10.2. The molecule has 8 heteroatoms. The maximum Gasteiger partial charge on any atom is 0.341 e. The third kappa shape index (κ3) is 8.87. The Morgan fingerprint density at radius 3 is 2.33 bits per heavy atom. The Kier molecular flexibility index (Phi) is 9.15. The van der Waals surface area contributed by atoms with E-state index >= 15 is 0 Å². The van der Waals surface area contributed by atoms with Gasteiger partial charge in [0.1, 0.15) is 12.1 Å². The van der Waals surface area contributed by atoms with Gasteiger partial charge in [0.05, 0.1) is 13.5 Å². The van der Waals surface area contributed by atoms with Crippen LogP contribution in [0.25, 0.3) is 0 Å². The van der Waals surface area contributed by atoms with Crippen molar-refractivity contribution in [3.05, 3.63) is 29.6 Å². The fraction of sp³-hybridized carbons (Fsp3) is 0.462. The van der Waals surface area contributed by atoms with Crippen LogP contribution in [0.1, 0.15) is 28.9 Å². The lowest BCUT2D eigenvalue weighted by Crippen LogP contribution is -2.37. The summed E-state index contributed by atoms with van der Waals surface area (Å²) in [4.78, 5) is 21.1. The van der Waals surface area contributed by atoms with Crippen LogP contribution in [0.5, 0.6) is 0 Å². The van der Waals surface area contributed by atoms with Crippen molar-refractivity contribution >= 4 is 23.0 Å². The topological polar surface area (TPSA) is 105 Å². The summed E-state index contributed by atoms with van der Waals surface area (Å²) >= 11 is -1.07. The maximum atomic E-state index is 10.7. The predicted molar refractivity (Wildman–Crippen MR) is 76.3 cm³/mol. The van der Waals surface area contributed by atoms with Gasteiger partial charge in [-0.3, -0.25) is 8.98 Å². The molecule has 0 radical (unpaired) electrons. The molecule has 0 aliphatic carbocycles. The van der Waals surface area contributed by atoms with Gasteiger partial charge in [0.25, 0.3) is 0 Å². The van der Waals surface area contributed by atoms with Crippen molar-refractivity contribution in [3.8, 4) is 0 Å². The highest BCUT2D eigenvalue weighted by Gasteiger charge is 2.12. The van der Waals surface area contributed by atoms with E-state index in [0.717, 1.165) is 5.69 Å². The number of carboxylic acids is 2. The highest BCUT2D eigenvalue weighted by atomic mass is 32.2. The van der Waals surface area contributed by atoms with Crippen molar-refractivity contribution in [2.75, 3.05) is 13.4 Å². The second-order valence-corrected chi connectivity index (χ2v) is 5.26. The number of carboxylic acid groups (broad SMARTS) is 2. The van der Waals surface area contributed by atoms with Gasteiger partial charge in [-0.1, -0.05) is 0 Å². The van der Waals surface area contributed by atoms with Gasteiger partial charge in [0, 0.05) is 25.7 Å². The van der Waals surface area contributed by atoms with Crippen molar-refractivity contribution in [2.24, 2.45) is 0 Å². The average molecular weight is 318 g/mol. The van der Waals surface area contributed by atoms with Gasteiger partial charge in [-0.25, -0.2) is 13.6 Å². The molecule has 0 aliphatic heterocycles. The van der Waals surface area contributed by atoms with E-state index in [1.807, 2.05) is 6.92 Å². The minimum absolute atomic E-state index is 0.0870. The van der Waals surface area contributed by atoms with E-state index in [1.54, 1.807) is 10.6 Å². The van der Waals surface area contributed by atoms with Crippen LogP contribution in [-0.4, -0.2) is 39.7 Å². The number of aliphatic carboxylic acids is 1. The number of aryl methyl sites for hydroxylation is 2. The molecule has 0 saturated carbocycles. The van der Waals surface area contributed by atoms with Gasteiger partial charge in [0.15, 0.2) is 23.0 Å². The first kappa shape index (κ1) is 19.2. The molecule has 0 aliphatic rings. The van der Waals surface area contributed by atoms with E-state index in [0.29, 0.717) is 13.0 Å². The largest absolute Gasteiger partial charge is 0.481 e. The molecule has 0 amide bonds. The minimum atomic E-state index is -1.07. The summed E-state index contributed by atoms with van der Waals surface area (Å²) in [5, 5.41) is 17.3. The lowest BCUT2D eigenvalue weighted by molar-refractivity contribution is -0.703. The fourth-order valence-electron chi connectivity index (χ4n) is 1.39. The van der Waals surface area contributed by atoms with Crippen LogP contribution < -0.4 is 4.57 Å². The standard InChI is InChI=1S/C11H13NO4.C2H6O2S/c1-8-4-5-9(11(15)16)7-12(8)6-2-3-10(13)14;1-4-5(2)3/h4-5,7H,2-3,6H2,1H3,(H-,13,14,15,16);1-2H3/p+1. The Balaban J connectivity index is 0.000000690. The zero-order valence-corrected chi connectivity index (χ0v) is 13.1. The molecule has 1 aromatic heterocycles. The van der Waals surface area contributed by atoms with Crippen LogP contribution >= 0.6 is 0 Å². The highest BCUT2D eigenvalue weighted by molar-refractivity contribution is 7.79. The van der Waals surface area contributed by atoms with Crippen LogP contribution in [-0.2, 0) is 26.6 Å². The molecule has 1 unspecified atom stereocenters. The Hall–Kier alpha value is -1.80. The van der Waals surface area contributed by atoms with Crippen LogP contribution in [0.4, 0.5) is 0 Å². The summed E-state index contributed by atoms with van der Waals surface area (Å²) in [6, 6.07) is 3.25. The summed E-state index contributed by atoms with van der Waals surface area (Å²) in [6.07, 6.45) is 3.58. The molecular formula is C13H20NO6S+. The minimum Gasteiger partial charge on any atom is -0.481 e. The fourth-order valence-corrected chi connectivity index (χ4v) is 1.39. The average Bonchev–Trinajstić information content (AvgIpc) is 2.40. The maximum absolute atomic E-state index is 10.7. The van der Waals surface area contributed by atoms with Gasteiger partial charge in [0.2, 0.25) is 0 Å². The first-order chi connectivity index (χ1) is 9.77. The third-order valence-electron chi connectivity index (χ3n) is 2.52. The van der Waals surface area contributed by atoms with Crippen LogP contribution in [0.3, 0.4) is 0 Å². The molecule has 0 aromatic carbocycles. The Morgan fingerprint density at radius 2 is 1.90 bits per heavy atom. The van der Waals surface area contributed by atoms with Crippen molar-refractivity contribution in [3.63, 3.8) is 0 Å². The zero-order chi connectivity index (χ0) is 16.4. The Labute approximate surface area is 125 Å². The lowest BCUT2D eigenvalue weighted by Gasteiger charge is -2.00. The van der Waals surface area contributed by atoms with Crippen LogP contribution in [0.15, 0.2) is 18.3 Å². The van der Waals surface area contributed by atoms with Gasteiger partial charge in [-0.15, -0.1) is 0 Å². The summed E-state index contributed by atoms with van der Waals surface area (Å²) in [6.45, 7) is 2.37. The number of aromatic nitrogens is 1. The second kappa shape index (κ2) is 10.0. The molecule has 1 atom stereocenters. The second-order valence-electron chi connectivity index (χ2n) is 4.12. The first-order valence-electron chi connectivity index (χ1n) is 6.11. The van der Waals surface area contributed by atoms with Crippen molar-refractivity contribution < 1.29 is 32.8 Å². The van der Waals surface area contributed by atoms with Crippen LogP contribution in [0.2, 0.25) is 0 Å². The molecule has 0 bridgehead atoms. The summed E-state index contributed by atoms with van der Waals surface area (Å²) in [7, 11) is 1.40. The number of hydrogen-bond donors (Lipinski definition) is 2. The van der Waals surface area contributed by atoms with E-state index in [1.165, 1.54) is 25.6 Å². The summed E-state index contributed by atoms with van der Waals surface area (Å²) in [5.74, 6) is -1.82. The number of carbonyl (C=O) groups is 2. The van der Waals surface area contributed by atoms with E-state index < -0.39 is 23.0 Å². The number of pyridine rings is 1. The van der Waals surface area contributed by atoms with Gasteiger partial charge in [-0.05, 0) is 6.07 Å². The normalized spacial score (nSPS) is 11.2. The predicted octanol–water partition coefficient (Wildman–Crippen LogP) is 0.772. The van der Waals surface area contributed by atoms with Crippen molar-refractivity contribution in [1.29, 1.82) is 0 Å². The molecule has 0 spiro atoms. The first-order valence-corrected chi connectivity index (χ1v) is 7.59. The highest BCUT2D eigenvalue weighted by Crippen LogP contribution is 1.99. The van der Waals surface area contributed by atoms with Gasteiger partial charge >= 0.3 is 11.9 Å². The monoisotopic (exact) mass is 318 g/mol. The number of hydrogen-bond acceptors (Lipinski definition) is 4. The molecular weight excluding hydrogens is 298 g/mol. The number of aromatic carboxylic acids is 1. The smallest absolute Gasteiger partial charge is 0.341 e. The molecule has 118 valence electrons. The zero-order valence-electron chi connectivity index (χ0n) is 12.2. The third-order valence-corrected chi connectivity index (χ3v) is 2.99. The van der Waals surface area contributed by atoms with E-state index in [4.69, 9.17) is 10.2 Å². The molecule has 7 nitrogen and oxygen atoms in total.